The van der Waals surface area contributed by atoms with Gasteiger partial charge in [0.15, 0.2) is 0 Å². The molecular weight excluding hydrogens is 292 g/mol. The van der Waals surface area contributed by atoms with Crippen molar-refractivity contribution in [2.45, 2.75) is 32.2 Å². The van der Waals surface area contributed by atoms with Crippen molar-refractivity contribution in [3.05, 3.63) is 41.3 Å². The molecule has 0 unspecified atom stereocenters. The fraction of sp³-hybridized carbons (Fsp3) is 0.357. The number of rotatable bonds is 6. The first-order valence-corrected chi connectivity index (χ1v) is 8.06. The summed E-state index contributed by atoms with van der Waals surface area (Å²) in [6.45, 7) is 6.08. The van der Waals surface area contributed by atoms with E-state index in [-0.39, 0.29) is 11.4 Å². The van der Waals surface area contributed by atoms with Crippen molar-refractivity contribution in [2.75, 3.05) is 6.61 Å². The number of hydrogen-bond donors (Lipinski definition) is 1. The second-order valence-corrected chi connectivity index (χ2v) is 6.30. The average molecular weight is 310 g/mol. The van der Waals surface area contributed by atoms with Gasteiger partial charge in [-0.1, -0.05) is 5.16 Å². The Hall–Kier alpha value is -1.86. The normalized spacial score (nSPS) is 11.6. The van der Waals surface area contributed by atoms with Crippen LogP contribution in [0.2, 0.25) is 0 Å². The fourth-order valence-corrected chi connectivity index (χ4v) is 2.88. The van der Waals surface area contributed by atoms with Crippen LogP contribution in [0.4, 0.5) is 0 Å². The molecule has 114 valence electrons. The SMILES string of the molecule is CCOc1ccc(S(=O)(=O)NCc2c(C)noc2C)cc1. The minimum absolute atomic E-state index is 0.150. The molecule has 0 spiro atoms. The molecule has 1 aromatic heterocycles. The number of nitrogens with zero attached hydrogens (tertiary/aromatic N) is 1. The molecule has 0 aliphatic heterocycles. The first-order chi connectivity index (χ1) is 9.94. The second kappa shape index (κ2) is 6.28. The molecule has 1 aromatic carbocycles. The summed E-state index contributed by atoms with van der Waals surface area (Å²) in [4.78, 5) is 0.192. The van der Waals surface area contributed by atoms with Crippen LogP contribution in [0.15, 0.2) is 33.7 Å². The summed E-state index contributed by atoms with van der Waals surface area (Å²) in [6.07, 6.45) is 0. The molecule has 21 heavy (non-hydrogen) atoms. The molecule has 0 saturated carbocycles. The van der Waals surface area contributed by atoms with Gasteiger partial charge in [0.2, 0.25) is 10.0 Å². The Balaban J connectivity index is 2.11. The van der Waals surface area contributed by atoms with Crippen LogP contribution in [0.1, 0.15) is 23.9 Å². The lowest BCUT2D eigenvalue weighted by Gasteiger charge is -2.08. The number of benzene rings is 1. The molecule has 7 heteroatoms. The van der Waals surface area contributed by atoms with Crippen LogP contribution >= 0.6 is 0 Å². The molecule has 0 fully saturated rings. The van der Waals surface area contributed by atoms with Crippen LogP contribution in [0, 0.1) is 13.8 Å². The highest BCUT2D eigenvalue weighted by molar-refractivity contribution is 7.89. The Bertz CT molecular complexity index is 686. The van der Waals surface area contributed by atoms with Crippen molar-refractivity contribution in [2.24, 2.45) is 0 Å². The number of aryl methyl sites for hydroxylation is 2. The van der Waals surface area contributed by atoms with Crippen LogP contribution in [-0.2, 0) is 16.6 Å². The number of sulfonamides is 1. The zero-order chi connectivity index (χ0) is 15.5. The van der Waals surface area contributed by atoms with E-state index in [1.165, 1.54) is 12.1 Å². The Kier molecular flexibility index (Phi) is 4.64. The minimum atomic E-state index is -3.58. The predicted molar refractivity (Wildman–Crippen MR) is 77.6 cm³/mol. The molecule has 2 rings (SSSR count). The Labute approximate surface area is 124 Å². The molecule has 2 aromatic rings. The lowest BCUT2D eigenvalue weighted by molar-refractivity contribution is 0.340. The van der Waals surface area contributed by atoms with Crippen LogP contribution in [-0.4, -0.2) is 20.2 Å². The van der Waals surface area contributed by atoms with Gasteiger partial charge in [-0.15, -0.1) is 0 Å². The smallest absolute Gasteiger partial charge is 0.240 e. The lowest BCUT2D eigenvalue weighted by Crippen LogP contribution is -2.23. The van der Waals surface area contributed by atoms with Crippen molar-refractivity contribution < 1.29 is 17.7 Å². The van der Waals surface area contributed by atoms with Gasteiger partial charge in [-0.2, -0.15) is 0 Å². The number of aromatic nitrogens is 1. The van der Waals surface area contributed by atoms with Crippen molar-refractivity contribution in [1.82, 2.24) is 9.88 Å². The molecule has 1 heterocycles. The second-order valence-electron chi connectivity index (χ2n) is 4.53. The molecule has 0 atom stereocenters. The standard InChI is InChI=1S/C14H18N2O4S/c1-4-19-12-5-7-13(8-6-12)21(17,18)15-9-14-10(2)16-20-11(14)3/h5-8,15H,4,9H2,1-3H3. The van der Waals surface area contributed by atoms with E-state index in [0.717, 1.165) is 5.56 Å². The van der Waals surface area contributed by atoms with Crippen molar-refractivity contribution in [3.63, 3.8) is 0 Å². The highest BCUT2D eigenvalue weighted by Crippen LogP contribution is 2.17. The third-order valence-corrected chi connectivity index (χ3v) is 4.48. The fourth-order valence-electron chi connectivity index (χ4n) is 1.89. The Morgan fingerprint density at radius 2 is 1.90 bits per heavy atom. The average Bonchev–Trinajstić information content (AvgIpc) is 2.77. The van der Waals surface area contributed by atoms with Gasteiger partial charge in [0.1, 0.15) is 11.5 Å². The maximum Gasteiger partial charge on any atom is 0.240 e. The Morgan fingerprint density at radius 1 is 1.24 bits per heavy atom. The van der Waals surface area contributed by atoms with E-state index in [9.17, 15) is 8.42 Å². The first kappa shape index (κ1) is 15.5. The first-order valence-electron chi connectivity index (χ1n) is 6.58. The van der Waals surface area contributed by atoms with Gasteiger partial charge in [0.05, 0.1) is 17.2 Å². The van der Waals surface area contributed by atoms with E-state index in [1.807, 2.05) is 6.92 Å². The summed E-state index contributed by atoms with van der Waals surface area (Å²) >= 11 is 0. The minimum Gasteiger partial charge on any atom is -0.494 e. The number of hydrogen-bond acceptors (Lipinski definition) is 5. The number of ether oxygens (including phenoxy) is 1. The largest absolute Gasteiger partial charge is 0.494 e. The molecule has 6 nitrogen and oxygen atoms in total. The summed E-state index contributed by atoms with van der Waals surface area (Å²) in [5.74, 6) is 1.25. The lowest BCUT2D eigenvalue weighted by atomic mass is 10.2. The molecule has 0 aliphatic rings. The van der Waals surface area contributed by atoms with Crippen LogP contribution in [0.25, 0.3) is 0 Å². The van der Waals surface area contributed by atoms with Gasteiger partial charge < -0.3 is 9.26 Å². The van der Waals surface area contributed by atoms with E-state index in [4.69, 9.17) is 9.26 Å². The van der Waals surface area contributed by atoms with Gasteiger partial charge in [0.25, 0.3) is 0 Å². The molecule has 0 amide bonds. The number of nitrogens with one attached hydrogen (secondary N) is 1. The van der Waals surface area contributed by atoms with E-state index >= 15 is 0 Å². The quantitative estimate of drug-likeness (QED) is 0.884. The highest BCUT2D eigenvalue weighted by atomic mass is 32.2. The summed E-state index contributed by atoms with van der Waals surface area (Å²) in [5, 5.41) is 3.80. The zero-order valence-electron chi connectivity index (χ0n) is 12.2. The molecule has 0 bridgehead atoms. The predicted octanol–water partition coefficient (Wildman–Crippen LogP) is 2.17. The summed E-state index contributed by atoms with van der Waals surface area (Å²) in [7, 11) is -3.58. The van der Waals surface area contributed by atoms with Crippen molar-refractivity contribution in [1.29, 1.82) is 0 Å². The van der Waals surface area contributed by atoms with E-state index in [0.29, 0.717) is 23.8 Å². The van der Waals surface area contributed by atoms with Gasteiger partial charge in [-0.25, -0.2) is 13.1 Å². The Morgan fingerprint density at radius 3 is 2.43 bits per heavy atom. The van der Waals surface area contributed by atoms with E-state index in [2.05, 4.69) is 9.88 Å². The molecular formula is C14H18N2O4S. The third kappa shape index (κ3) is 3.62. The van der Waals surface area contributed by atoms with Crippen molar-refractivity contribution >= 4 is 10.0 Å². The zero-order valence-corrected chi connectivity index (χ0v) is 13.0. The van der Waals surface area contributed by atoms with Gasteiger partial charge in [-0.3, -0.25) is 0 Å². The summed E-state index contributed by atoms with van der Waals surface area (Å²) in [5.41, 5.74) is 1.44. The maximum absolute atomic E-state index is 12.2. The topological polar surface area (TPSA) is 81.4 Å². The molecule has 1 N–H and O–H groups in total. The highest BCUT2D eigenvalue weighted by Gasteiger charge is 2.16. The van der Waals surface area contributed by atoms with Crippen LogP contribution < -0.4 is 9.46 Å². The van der Waals surface area contributed by atoms with Crippen LogP contribution in [0.3, 0.4) is 0 Å². The third-order valence-electron chi connectivity index (χ3n) is 3.07. The van der Waals surface area contributed by atoms with Gasteiger partial charge in [-0.05, 0) is 45.0 Å². The molecule has 0 radical (unpaired) electrons. The van der Waals surface area contributed by atoms with Gasteiger partial charge >= 0.3 is 0 Å². The summed E-state index contributed by atoms with van der Waals surface area (Å²) in [6, 6.07) is 6.29. The van der Waals surface area contributed by atoms with Crippen molar-refractivity contribution in [3.8, 4) is 5.75 Å². The van der Waals surface area contributed by atoms with Gasteiger partial charge in [0, 0.05) is 12.1 Å². The molecule has 0 aliphatic carbocycles. The van der Waals surface area contributed by atoms with E-state index < -0.39 is 10.0 Å². The summed E-state index contributed by atoms with van der Waals surface area (Å²) < 4.78 is 37.3. The maximum atomic E-state index is 12.2. The van der Waals surface area contributed by atoms with E-state index in [1.54, 1.807) is 26.0 Å². The molecule has 0 saturated heterocycles. The van der Waals surface area contributed by atoms with Crippen LogP contribution in [0.5, 0.6) is 5.75 Å². The monoisotopic (exact) mass is 310 g/mol.